The largest absolute Gasteiger partial charge is 0.497 e. The van der Waals surface area contributed by atoms with Crippen LogP contribution in [0.3, 0.4) is 0 Å². The average Bonchev–Trinajstić information content (AvgIpc) is 3.30. The van der Waals surface area contributed by atoms with Crippen molar-refractivity contribution in [3.8, 4) is 11.5 Å². The maximum atomic E-state index is 12.4. The van der Waals surface area contributed by atoms with Crippen LogP contribution in [0.1, 0.15) is 24.8 Å². The number of benzene rings is 1. The molecule has 0 aliphatic carbocycles. The van der Waals surface area contributed by atoms with Gasteiger partial charge in [-0.2, -0.15) is 0 Å². The van der Waals surface area contributed by atoms with Gasteiger partial charge in [0, 0.05) is 38.3 Å². The van der Waals surface area contributed by atoms with E-state index < -0.39 is 0 Å². The number of nitrogens with two attached hydrogens (primary N) is 1. The molecule has 2 saturated heterocycles. The van der Waals surface area contributed by atoms with Gasteiger partial charge in [0.25, 0.3) is 0 Å². The molecule has 0 bridgehead atoms. The highest BCUT2D eigenvalue weighted by molar-refractivity contribution is 5.81. The minimum Gasteiger partial charge on any atom is -0.497 e. The molecule has 2 aliphatic rings. The Morgan fingerprint density at radius 1 is 1.23 bits per heavy atom. The highest BCUT2D eigenvalue weighted by Crippen LogP contribution is 2.25. The highest BCUT2D eigenvalue weighted by Gasteiger charge is 2.32. The van der Waals surface area contributed by atoms with E-state index in [1.165, 1.54) is 0 Å². The van der Waals surface area contributed by atoms with E-state index in [2.05, 4.69) is 10.2 Å². The molecule has 2 heterocycles. The maximum absolute atomic E-state index is 12.4. The normalized spacial score (nSPS) is 26.0. The van der Waals surface area contributed by atoms with Gasteiger partial charge in [-0.15, -0.1) is 0 Å². The van der Waals surface area contributed by atoms with E-state index in [0.717, 1.165) is 56.0 Å². The van der Waals surface area contributed by atoms with Gasteiger partial charge in [-0.3, -0.25) is 9.69 Å². The molecule has 7 nitrogen and oxygen atoms in total. The smallest absolute Gasteiger partial charge is 0.249 e. The van der Waals surface area contributed by atoms with Crippen molar-refractivity contribution in [1.82, 2.24) is 10.2 Å². The van der Waals surface area contributed by atoms with E-state index in [0.29, 0.717) is 6.54 Å². The predicted octanol–water partition coefficient (Wildman–Crippen LogP) is 0.901. The molecule has 1 aromatic rings. The topological polar surface area (TPSA) is 86.1 Å². The van der Waals surface area contributed by atoms with Gasteiger partial charge >= 0.3 is 0 Å². The van der Waals surface area contributed by atoms with Crippen LogP contribution in [0, 0.1) is 0 Å². The van der Waals surface area contributed by atoms with Crippen LogP contribution in [-0.2, 0) is 16.1 Å². The summed E-state index contributed by atoms with van der Waals surface area (Å²) in [6, 6.07) is 6.07. The summed E-state index contributed by atoms with van der Waals surface area (Å²) in [5, 5.41) is 3.13. The van der Waals surface area contributed by atoms with E-state index >= 15 is 0 Å². The van der Waals surface area contributed by atoms with E-state index in [4.69, 9.17) is 19.9 Å². The van der Waals surface area contributed by atoms with Crippen LogP contribution in [-0.4, -0.2) is 62.9 Å². The lowest BCUT2D eigenvalue weighted by Gasteiger charge is -2.19. The molecule has 0 spiro atoms. The second kappa shape index (κ2) is 8.70. The Hall–Kier alpha value is -1.83. The molecular formula is C19H29N3O4. The van der Waals surface area contributed by atoms with Crippen molar-refractivity contribution in [2.45, 2.75) is 44.1 Å². The molecule has 1 aromatic carbocycles. The molecule has 0 radical (unpaired) electrons. The van der Waals surface area contributed by atoms with Gasteiger partial charge in [0.1, 0.15) is 17.6 Å². The molecule has 0 aromatic heterocycles. The molecule has 1 amide bonds. The van der Waals surface area contributed by atoms with Crippen molar-refractivity contribution < 1.29 is 19.0 Å². The summed E-state index contributed by atoms with van der Waals surface area (Å²) in [4.78, 5) is 14.7. The zero-order valence-corrected chi connectivity index (χ0v) is 15.6. The van der Waals surface area contributed by atoms with Crippen molar-refractivity contribution in [3.63, 3.8) is 0 Å². The lowest BCUT2D eigenvalue weighted by molar-refractivity contribution is -0.132. The standard InChI is InChI=1S/C19H29N3O4/c1-24-16-7-13(8-17(9-16)25-2)11-22-6-5-14(12-22)21-19(23)18-4-3-15(10-20)26-18/h7-9,14-15,18H,3-6,10-12,20H2,1-2H3,(H,21,23)/t14?,15-,18+/m1/s1. The second-order valence-corrected chi connectivity index (χ2v) is 7.01. The van der Waals surface area contributed by atoms with Crippen molar-refractivity contribution in [1.29, 1.82) is 0 Å². The van der Waals surface area contributed by atoms with Crippen LogP contribution >= 0.6 is 0 Å². The number of rotatable bonds is 7. The zero-order valence-electron chi connectivity index (χ0n) is 15.6. The molecule has 2 fully saturated rings. The van der Waals surface area contributed by atoms with E-state index in [-0.39, 0.29) is 24.2 Å². The third kappa shape index (κ3) is 4.66. The molecular weight excluding hydrogens is 334 g/mol. The Labute approximate surface area is 154 Å². The number of methoxy groups -OCH3 is 2. The first-order valence-corrected chi connectivity index (χ1v) is 9.21. The third-order valence-electron chi connectivity index (χ3n) is 5.10. The summed E-state index contributed by atoms with van der Waals surface area (Å²) in [6.07, 6.45) is 2.24. The highest BCUT2D eigenvalue weighted by atomic mass is 16.5. The van der Waals surface area contributed by atoms with Crippen LogP contribution < -0.4 is 20.5 Å². The van der Waals surface area contributed by atoms with E-state index in [1.54, 1.807) is 14.2 Å². The summed E-state index contributed by atoms with van der Waals surface area (Å²) in [5.74, 6) is 1.57. The number of amides is 1. The van der Waals surface area contributed by atoms with Crippen LogP contribution in [0.5, 0.6) is 11.5 Å². The first-order chi connectivity index (χ1) is 12.6. The number of nitrogens with one attached hydrogen (secondary N) is 1. The molecule has 3 rings (SSSR count). The van der Waals surface area contributed by atoms with Gasteiger partial charge in [0.15, 0.2) is 0 Å². The fourth-order valence-corrected chi connectivity index (χ4v) is 3.68. The second-order valence-electron chi connectivity index (χ2n) is 7.01. The summed E-state index contributed by atoms with van der Waals surface area (Å²) in [6.45, 7) is 3.06. The monoisotopic (exact) mass is 363 g/mol. The number of hydrogen-bond acceptors (Lipinski definition) is 6. The van der Waals surface area contributed by atoms with E-state index in [1.807, 2.05) is 18.2 Å². The third-order valence-corrected chi connectivity index (χ3v) is 5.10. The van der Waals surface area contributed by atoms with Gasteiger partial charge in [0.05, 0.1) is 20.3 Å². The number of hydrogen-bond donors (Lipinski definition) is 2. The fraction of sp³-hybridized carbons (Fsp3) is 0.632. The summed E-state index contributed by atoms with van der Waals surface area (Å²) in [7, 11) is 3.31. The molecule has 3 N–H and O–H groups in total. The number of nitrogens with zero attached hydrogens (tertiary/aromatic N) is 1. The molecule has 7 heteroatoms. The Balaban J connectivity index is 1.50. The Morgan fingerprint density at radius 2 is 1.96 bits per heavy atom. The number of carbonyl (C=O) groups is 1. The molecule has 3 atom stereocenters. The Bertz CT molecular complexity index is 603. The van der Waals surface area contributed by atoms with Crippen LogP contribution in [0.15, 0.2) is 18.2 Å². The maximum Gasteiger partial charge on any atom is 0.249 e. The zero-order chi connectivity index (χ0) is 18.5. The number of likely N-dealkylation sites (tertiary alicyclic amines) is 1. The molecule has 144 valence electrons. The first-order valence-electron chi connectivity index (χ1n) is 9.21. The number of carbonyl (C=O) groups excluding carboxylic acids is 1. The lowest BCUT2D eigenvalue weighted by atomic mass is 10.1. The van der Waals surface area contributed by atoms with Crippen molar-refractivity contribution >= 4 is 5.91 Å². The number of ether oxygens (including phenoxy) is 3. The SMILES string of the molecule is COc1cc(CN2CCC(NC(=O)[C@@H]3CC[C@H](CN)O3)C2)cc(OC)c1. The summed E-state index contributed by atoms with van der Waals surface area (Å²) in [5.41, 5.74) is 6.75. The minimum atomic E-state index is -0.347. The van der Waals surface area contributed by atoms with Crippen molar-refractivity contribution in [2.24, 2.45) is 5.73 Å². The lowest BCUT2D eigenvalue weighted by Crippen LogP contribution is -2.43. The van der Waals surface area contributed by atoms with Gasteiger partial charge in [-0.05, 0) is 37.0 Å². The van der Waals surface area contributed by atoms with Crippen LogP contribution in [0.25, 0.3) is 0 Å². The van der Waals surface area contributed by atoms with E-state index in [9.17, 15) is 4.79 Å². The summed E-state index contributed by atoms with van der Waals surface area (Å²) >= 11 is 0. The Morgan fingerprint density at radius 3 is 2.58 bits per heavy atom. The van der Waals surface area contributed by atoms with Gasteiger partial charge < -0.3 is 25.3 Å². The van der Waals surface area contributed by atoms with Crippen molar-refractivity contribution in [3.05, 3.63) is 23.8 Å². The van der Waals surface area contributed by atoms with Gasteiger partial charge in [-0.25, -0.2) is 0 Å². The average molecular weight is 363 g/mol. The molecule has 26 heavy (non-hydrogen) atoms. The summed E-state index contributed by atoms with van der Waals surface area (Å²) < 4.78 is 16.3. The van der Waals surface area contributed by atoms with Crippen LogP contribution in [0.2, 0.25) is 0 Å². The molecule has 1 unspecified atom stereocenters. The first kappa shape index (κ1) is 18.9. The van der Waals surface area contributed by atoms with Gasteiger partial charge in [0.2, 0.25) is 5.91 Å². The molecule has 0 saturated carbocycles. The van der Waals surface area contributed by atoms with Crippen LogP contribution in [0.4, 0.5) is 0 Å². The Kier molecular flexibility index (Phi) is 6.34. The van der Waals surface area contributed by atoms with Crippen molar-refractivity contribution in [2.75, 3.05) is 33.9 Å². The minimum absolute atomic E-state index is 0.00384. The van der Waals surface area contributed by atoms with Gasteiger partial charge in [-0.1, -0.05) is 0 Å². The fourth-order valence-electron chi connectivity index (χ4n) is 3.68. The predicted molar refractivity (Wildman–Crippen MR) is 98.3 cm³/mol. The molecule has 2 aliphatic heterocycles. The quantitative estimate of drug-likeness (QED) is 0.749.